The molecule has 0 N–H and O–H groups in total. The fourth-order valence-corrected chi connectivity index (χ4v) is 4.30. The van der Waals surface area contributed by atoms with Crippen molar-refractivity contribution < 1.29 is 14.1 Å². The summed E-state index contributed by atoms with van der Waals surface area (Å²) in [5.41, 5.74) is 1.12. The van der Waals surface area contributed by atoms with Crippen LogP contribution in [0.5, 0.6) is 0 Å². The highest BCUT2D eigenvalue weighted by atomic mass is 16.5. The van der Waals surface area contributed by atoms with Gasteiger partial charge in [0.1, 0.15) is 0 Å². The fraction of sp³-hybridized carbons (Fsp3) is 0.714. The van der Waals surface area contributed by atoms with Crippen molar-refractivity contribution in [2.24, 2.45) is 5.92 Å². The van der Waals surface area contributed by atoms with Gasteiger partial charge in [0.25, 0.3) is 0 Å². The topological polar surface area (TPSA) is 86.3 Å². The van der Waals surface area contributed by atoms with Crippen LogP contribution in [0.2, 0.25) is 0 Å². The molecule has 2 aliphatic heterocycles. The standard InChI is InChI=1S/C21H31N5O3/c1-16-13-22-26(14-16)10-6-20(27)25-9-2-3-17(15-25)4-5-19-23-21(29-24-19)18-7-11-28-12-8-18/h13-14,17-18H,2-12,15H2,1H3. The maximum Gasteiger partial charge on any atom is 0.229 e. The molecular weight excluding hydrogens is 370 g/mol. The summed E-state index contributed by atoms with van der Waals surface area (Å²) in [5.74, 6) is 2.63. The van der Waals surface area contributed by atoms with E-state index in [0.717, 1.165) is 82.1 Å². The monoisotopic (exact) mass is 401 g/mol. The van der Waals surface area contributed by atoms with Gasteiger partial charge in [0, 0.05) is 57.8 Å². The van der Waals surface area contributed by atoms with E-state index in [-0.39, 0.29) is 5.91 Å². The first kappa shape index (κ1) is 20.1. The van der Waals surface area contributed by atoms with Crippen molar-refractivity contribution in [1.82, 2.24) is 24.8 Å². The zero-order valence-corrected chi connectivity index (χ0v) is 17.3. The van der Waals surface area contributed by atoms with Gasteiger partial charge in [-0.2, -0.15) is 10.1 Å². The molecule has 1 unspecified atom stereocenters. The second kappa shape index (κ2) is 9.52. The number of carbonyl (C=O) groups excluding carboxylic acids is 1. The molecule has 0 aromatic carbocycles. The van der Waals surface area contributed by atoms with E-state index < -0.39 is 0 Å². The summed E-state index contributed by atoms with van der Waals surface area (Å²) >= 11 is 0. The molecular formula is C21H31N5O3. The first-order chi connectivity index (χ1) is 14.2. The second-order valence-electron chi connectivity index (χ2n) is 8.35. The number of aromatic nitrogens is 4. The Morgan fingerprint density at radius 2 is 2.14 bits per heavy atom. The van der Waals surface area contributed by atoms with Crippen LogP contribution in [0.3, 0.4) is 0 Å². The van der Waals surface area contributed by atoms with Crippen LogP contribution < -0.4 is 0 Å². The number of rotatable bonds is 7. The van der Waals surface area contributed by atoms with Crippen LogP contribution in [0.4, 0.5) is 0 Å². The SMILES string of the molecule is Cc1cnn(CCC(=O)N2CCCC(CCc3noc(C4CCOCC4)n3)C2)c1. The Labute approximate surface area is 171 Å². The highest BCUT2D eigenvalue weighted by Gasteiger charge is 2.25. The highest BCUT2D eigenvalue weighted by Crippen LogP contribution is 2.26. The van der Waals surface area contributed by atoms with Crippen LogP contribution in [0.25, 0.3) is 0 Å². The van der Waals surface area contributed by atoms with Gasteiger partial charge in [-0.15, -0.1) is 0 Å². The fourth-order valence-electron chi connectivity index (χ4n) is 4.30. The van der Waals surface area contributed by atoms with Crippen molar-refractivity contribution in [2.75, 3.05) is 26.3 Å². The van der Waals surface area contributed by atoms with Crippen molar-refractivity contribution in [1.29, 1.82) is 0 Å². The molecule has 4 heterocycles. The summed E-state index contributed by atoms with van der Waals surface area (Å²) in [6, 6.07) is 0. The van der Waals surface area contributed by atoms with Gasteiger partial charge >= 0.3 is 0 Å². The Kier molecular flexibility index (Phi) is 6.59. The number of ether oxygens (including phenoxy) is 1. The summed E-state index contributed by atoms with van der Waals surface area (Å²) in [6.45, 7) is 5.90. The summed E-state index contributed by atoms with van der Waals surface area (Å²) in [4.78, 5) is 19.2. The Balaban J connectivity index is 1.22. The highest BCUT2D eigenvalue weighted by molar-refractivity contribution is 5.76. The molecule has 1 atom stereocenters. The van der Waals surface area contributed by atoms with Crippen LogP contribution in [-0.4, -0.2) is 57.0 Å². The van der Waals surface area contributed by atoms with E-state index in [2.05, 4.69) is 15.2 Å². The van der Waals surface area contributed by atoms with E-state index in [9.17, 15) is 4.79 Å². The molecule has 2 aliphatic rings. The maximum atomic E-state index is 12.6. The van der Waals surface area contributed by atoms with Gasteiger partial charge in [0.15, 0.2) is 5.82 Å². The zero-order valence-electron chi connectivity index (χ0n) is 17.3. The molecule has 0 bridgehead atoms. The minimum absolute atomic E-state index is 0.226. The predicted molar refractivity (Wildman–Crippen MR) is 106 cm³/mol. The van der Waals surface area contributed by atoms with Crippen molar-refractivity contribution in [3.8, 4) is 0 Å². The number of aryl methyl sites for hydroxylation is 3. The molecule has 2 aromatic heterocycles. The van der Waals surface area contributed by atoms with Gasteiger partial charge in [-0.3, -0.25) is 9.48 Å². The maximum absolute atomic E-state index is 12.6. The predicted octanol–water partition coefficient (Wildman–Crippen LogP) is 2.73. The third-order valence-electron chi connectivity index (χ3n) is 6.02. The Morgan fingerprint density at radius 3 is 2.93 bits per heavy atom. The third-order valence-corrected chi connectivity index (χ3v) is 6.02. The van der Waals surface area contributed by atoms with Gasteiger partial charge in [-0.1, -0.05) is 5.16 Å². The molecule has 1 amide bonds. The lowest BCUT2D eigenvalue weighted by Crippen LogP contribution is -2.40. The molecule has 0 spiro atoms. The number of nitrogens with zero attached hydrogens (tertiary/aromatic N) is 5. The smallest absolute Gasteiger partial charge is 0.229 e. The summed E-state index contributed by atoms with van der Waals surface area (Å²) in [7, 11) is 0. The average Bonchev–Trinajstić information content (AvgIpc) is 3.40. The molecule has 2 saturated heterocycles. The van der Waals surface area contributed by atoms with E-state index >= 15 is 0 Å². The van der Waals surface area contributed by atoms with E-state index in [4.69, 9.17) is 9.26 Å². The van der Waals surface area contributed by atoms with Crippen molar-refractivity contribution >= 4 is 5.91 Å². The van der Waals surface area contributed by atoms with Gasteiger partial charge in [0.2, 0.25) is 11.8 Å². The summed E-state index contributed by atoms with van der Waals surface area (Å²) in [5, 5.41) is 8.44. The third kappa shape index (κ3) is 5.44. The average molecular weight is 402 g/mol. The van der Waals surface area contributed by atoms with Gasteiger partial charge < -0.3 is 14.2 Å². The molecule has 0 radical (unpaired) electrons. The largest absolute Gasteiger partial charge is 0.381 e. The molecule has 2 fully saturated rings. The van der Waals surface area contributed by atoms with Crippen LogP contribution in [0.15, 0.2) is 16.9 Å². The molecule has 4 rings (SSSR count). The lowest BCUT2D eigenvalue weighted by Gasteiger charge is -2.32. The van der Waals surface area contributed by atoms with Crippen molar-refractivity contribution in [3.05, 3.63) is 29.7 Å². The Bertz CT molecular complexity index is 796. The summed E-state index contributed by atoms with van der Waals surface area (Å²) in [6.07, 6.45) is 10.3. The minimum Gasteiger partial charge on any atom is -0.381 e. The number of carbonyl (C=O) groups is 1. The number of amides is 1. The lowest BCUT2D eigenvalue weighted by molar-refractivity contribution is -0.133. The lowest BCUT2D eigenvalue weighted by atomic mass is 9.93. The van der Waals surface area contributed by atoms with Gasteiger partial charge in [-0.25, -0.2) is 0 Å². The van der Waals surface area contributed by atoms with E-state index in [1.165, 1.54) is 0 Å². The molecule has 2 aromatic rings. The molecule has 29 heavy (non-hydrogen) atoms. The van der Waals surface area contributed by atoms with Crippen molar-refractivity contribution in [3.63, 3.8) is 0 Å². The van der Waals surface area contributed by atoms with Crippen molar-refractivity contribution in [2.45, 2.75) is 64.3 Å². The molecule has 158 valence electrons. The minimum atomic E-state index is 0.226. The number of hydrogen-bond acceptors (Lipinski definition) is 6. The Hall–Kier alpha value is -2.22. The van der Waals surface area contributed by atoms with Crippen LogP contribution in [0.1, 0.15) is 61.7 Å². The normalized spacial score (nSPS) is 20.9. The van der Waals surface area contributed by atoms with Crippen LogP contribution >= 0.6 is 0 Å². The zero-order chi connectivity index (χ0) is 20.1. The van der Waals surface area contributed by atoms with Gasteiger partial charge in [0.05, 0.1) is 6.20 Å². The van der Waals surface area contributed by atoms with Crippen LogP contribution in [0, 0.1) is 12.8 Å². The van der Waals surface area contributed by atoms with Crippen LogP contribution in [-0.2, 0) is 22.5 Å². The molecule has 0 saturated carbocycles. The number of likely N-dealkylation sites (tertiary alicyclic amines) is 1. The van der Waals surface area contributed by atoms with E-state index in [1.807, 2.05) is 28.9 Å². The number of piperidine rings is 1. The quantitative estimate of drug-likeness (QED) is 0.709. The van der Waals surface area contributed by atoms with E-state index in [0.29, 0.717) is 24.8 Å². The molecule has 8 heteroatoms. The first-order valence-electron chi connectivity index (χ1n) is 10.8. The molecule has 0 aliphatic carbocycles. The Morgan fingerprint density at radius 1 is 1.28 bits per heavy atom. The second-order valence-corrected chi connectivity index (χ2v) is 8.35. The van der Waals surface area contributed by atoms with Gasteiger partial charge in [-0.05, 0) is 50.5 Å². The first-order valence-corrected chi connectivity index (χ1v) is 10.8. The van der Waals surface area contributed by atoms with E-state index in [1.54, 1.807) is 0 Å². The number of hydrogen-bond donors (Lipinski definition) is 0. The molecule has 8 nitrogen and oxygen atoms in total. The summed E-state index contributed by atoms with van der Waals surface area (Å²) < 4.78 is 12.7.